The molecule has 0 N–H and O–H groups in total. The standard InChI is InChI=1S/C12H24N2O/c1-4-14-8-5-6-12(14)10-13(3)9-7-11(2)15/h12H,4-10H2,1-3H3. The van der Waals surface area contributed by atoms with Gasteiger partial charge in [0.15, 0.2) is 0 Å². The third-order valence-electron chi connectivity index (χ3n) is 3.27. The van der Waals surface area contributed by atoms with Crippen LogP contribution in [-0.4, -0.2) is 54.9 Å². The summed E-state index contributed by atoms with van der Waals surface area (Å²) in [6.07, 6.45) is 3.34. The molecule has 0 bridgehead atoms. The molecule has 1 unspecified atom stereocenters. The molecule has 0 aliphatic carbocycles. The van der Waals surface area contributed by atoms with Crippen LogP contribution in [0.5, 0.6) is 0 Å². The molecule has 1 atom stereocenters. The van der Waals surface area contributed by atoms with Crippen molar-refractivity contribution < 1.29 is 4.79 Å². The highest BCUT2D eigenvalue weighted by atomic mass is 16.1. The Bertz CT molecular complexity index is 206. The maximum atomic E-state index is 10.9. The summed E-state index contributed by atoms with van der Waals surface area (Å²) in [4.78, 5) is 15.7. The van der Waals surface area contributed by atoms with Crippen LogP contribution < -0.4 is 0 Å². The molecule has 1 aliphatic rings. The summed E-state index contributed by atoms with van der Waals surface area (Å²) in [5, 5.41) is 0. The van der Waals surface area contributed by atoms with Crippen molar-refractivity contribution in [3.8, 4) is 0 Å². The Labute approximate surface area is 93.4 Å². The normalized spacial score (nSPS) is 22.5. The molecular formula is C12H24N2O. The van der Waals surface area contributed by atoms with Gasteiger partial charge in [-0.3, -0.25) is 9.69 Å². The van der Waals surface area contributed by atoms with Crippen LogP contribution in [0.3, 0.4) is 0 Å². The summed E-state index contributed by atoms with van der Waals surface area (Å²) < 4.78 is 0. The first-order valence-electron chi connectivity index (χ1n) is 6.05. The van der Waals surface area contributed by atoms with Gasteiger partial charge in [-0.05, 0) is 39.9 Å². The first kappa shape index (κ1) is 12.7. The number of carbonyl (C=O) groups excluding carboxylic acids is 1. The minimum absolute atomic E-state index is 0.292. The van der Waals surface area contributed by atoms with Crippen molar-refractivity contribution in [3.63, 3.8) is 0 Å². The van der Waals surface area contributed by atoms with Gasteiger partial charge < -0.3 is 4.90 Å². The number of likely N-dealkylation sites (tertiary alicyclic amines) is 1. The predicted octanol–water partition coefficient (Wildman–Crippen LogP) is 1.38. The van der Waals surface area contributed by atoms with Crippen LogP contribution in [-0.2, 0) is 4.79 Å². The summed E-state index contributed by atoms with van der Waals surface area (Å²) in [5.41, 5.74) is 0. The quantitative estimate of drug-likeness (QED) is 0.664. The fraction of sp³-hybridized carbons (Fsp3) is 0.917. The molecule has 1 heterocycles. The molecule has 1 aliphatic heterocycles. The zero-order valence-electron chi connectivity index (χ0n) is 10.3. The number of likely N-dealkylation sites (N-methyl/N-ethyl adjacent to an activating group) is 2. The fourth-order valence-electron chi connectivity index (χ4n) is 2.32. The highest BCUT2D eigenvalue weighted by molar-refractivity contribution is 5.75. The topological polar surface area (TPSA) is 23.6 Å². The third kappa shape index (κ3) is 4.31. The van der Waals surface area contributed by atoms with Gasteiger partial charge in [0.05, 0.1) is 0 Å². The zero-order chi connectivity index (χ0) is 11.3. The number of rotatable bonds is 6. The van der Waals surface area contributed by atoms with Crippen molar-refractivity contribution in [2.45, 2.75) is 39.2 Å². The molecule has 0 saturated carbocycles. The zero-order valence-corrected chi connectivity index (χ0v) is 10.3. The molecule has 0 amide bonds. The third-order valence-corrected chi connectivity index (χ3v) is 3.27. The Kier molecular flexibility index (Phi) is 5.26. The van der Waals surface area contributed by atoms with Gasteiger partial charge in [0.2, 0.25) is 0 Å². The van der Waals surface area contributed by atoms with E-state index in [-0.39, 0.29) is 0 Å². The average molecular weight is 212 g/mol. The SMILES string of the molecule is CCN1CCCC1CN(C)CCC(C)=O. The van der Waals surface area contributed by atoms with Gasteiger partial charge in [-0.2, -0.15) is 0 Å². The monoisotopic (exact) mass is 212 g/mol. The van der Waals surface area contributed by atoms with Crippen LogP contribution in [0.4, 0.5) is 0 Å². The Morgan fingerprint density at radius 1 is 1.53 bits per heavy atom. The second kappa shape index (κ2) is 6.23. The summed E-state index contributed by atoms with van der Waals surface area (Å²) >= 11 is 0. The first-order valence-corrected chi connectivity index (χ1v) is 6.05. The fourth-order valence-corrected chi connectivity index (χ4v) is 2.32. The Balaban J connectivity index is 2.24. The van der Waals surface area contributed by atoms with Crippen LogP contribution in [0.1, 0.15) is 33.1 Å². The van der Waals surface area contributed by atoms with Crippen molar-refractivity contribution in [1.29, 1.82) is 0 Å². The van der Waals surface area contributed by atoms with Crippen LogP contribution >= 0.6 is 0 Å². The molecule has 0 radical (unpaired) electrons. The van der Waals surface area contributed by atoms with Crippen molar-refractivity contribution >= 4 is 5.78 Å². The van der Waals surface area contributed by atoms with E-state index in [1.807, 2.05) is 0 Å². The number of Topliss-reactive ketones (excluding diaryl/α,β-unsaturated/α-hetero) is 1. The van der Waals surface area contributed by atoms with Crippen molar-refractivity contribution in [3.05, 3.63) is 0 Å². The largest absolute Gasteiger partial charge is 0.304 e. The molecule has 3 heteroatoms. The van der Waals surface area contributed by atoms with Crippen LogP contribution in [0.2, 0.25) is 0 Å². The second-order valence-corrected chi connectivity index (χ2v) is 4.64. The van der Waals surface area contributed by atoms with Crippen LogP contribution in [0, 0.1) is 0 Å². The lowest BCUT2D eigenvalue weighted by atomic mass is 10.2. The summed E-state index contributed by atoms with van der Waals surface area (Å²) in [6, 6.07) is 0.715. The van der Waals surface area contributed by atoms with E-state index in [9.17, 15) is 4.79 Å². The molecule has 88 valence electrons. The Morgan fingerprint density at radius 2 is 2.27 bits per heavy atom. The molecule has 1 saturated heterocycles. The molecule has 1 fully saturated rings. The van der Waals surface area contributed by atoms with Gasteiger partial charge in [0, 0.05) is 25.6 Å². The average Bonchev–Trinajstić information content (AvgIpc) is 2.62. The van der Waals surface area contributed by atoms with Gasteiger partial charge in [-0.25, -0.2) is 0 Å². The smallest absolute Gasteiger partial charge is 0.131 e. The molecule has 0 aromatic rings. The second-order valence-electron chi connectivity index (χ2n) is 4.64. The maximum absolute atomic E-state index is 10.9. The molecule has 3 nitrogen and oxygen atoms in total. The van der Waals surface area contributed by atoms with E-state index in [0.29, 0.717) is 18.2 Å². The van der Waals surface area contributed by atoms with E-state index in [1.54, 1.807) is 6.92 Å². The minimum Gasteiger partial charge on any atom is -0.304 e. The Hall–Kier alpha value is -0.410. The number of carbonyl (C=O) groups is 1. The van der Waals surface area contributed by atoms with Gasteiger partial charge in [-0.1, -0.05) is 6.92 Å². The van der Waals surface area contributed by atoms with E-state index < -0.39 is 0 Å². The lowest BCUT2D eigenvalue weighted by Crippen LogP contribution is -2.39. The number of nitrogens with zero attached hydrogens (tertiary/aromatic N) is 2. The summed E-state index contributed by atoms with van der Waals surface area (Å²) in [7, 11) is 2.12. The van der Waals surface area contributed by atoms with E-state index in [2.05, 4.69) is 23.8 Å². The van der Waals surface area contributed by atoms with Crippen LogP contribution in [0.25, 0.3) is 0 Å². The highest BCUT2D eigenvalue weighted by Gasteiger charge is 2.23. The van der Waals surface area contributed by atoms with Gasteiger partial charge >= 0.3 is 0 Å². The lowest BCUT2D eigenvalue weighted by Gasteiger charge is -2.27. The Morgan fingerprint density at radius 3 is 2.87 bits per heavy atom. The van der Waals surface area contributed by atoms with Crippen molar-refractivity contribution in [2.24, 2.45) is 0 Å². The van der Waals surface area contributed by atoms with E-state index >= 15 is 0 Å². The van der Waals surface area contributed by atoms with E-state index in [1.165, 1.54) is 19.4 Å². The summed E-state index contributed by atoms with van der Waals surface area (Å²) in [5.74, 6) is 0.292. The number of hydrogen-bond acceptors (Lipinski definition) is 3. The molecule has 0 aromatic carbocycles. The molecule has 1 rings (SSSR count). The molecule has 0 aromatic heterocycles. The lowest BCUT2D eigenvalue weighted by molar-refractivity contribution is -0.117. The number of hydrogen-bond donors (Lipinski definition) is 0. The van der Waals surface area contributed by atoms with Crippen LogP contribution in [0.15, 0.2) is 0 Å². The number of ketones is 1. The van der Waals surface area contributed by atoms with Gasteiger partial charge in [-0.15, -0.1) is 0 Å². The van der Waals surface area contributed by atoms with Crippen molar-refractivity contribution in [1.82, 2.24) is 9.80 Å². The predicted molar refractivity (Wildman–Crippen MR) is 63.1 cm³/mol. The summed E-state index contributed by atoms with van der Waals surface area (Å²) in [6.45, 7) is 8.33. The van der Waals surface area contributed by atoms with E-state index in [4.69, 9.17) is 0 Å². The highest BCUT2D eigenvalue weighted by Crippen LogP contribution is 2.17. The molecule has 0 spiro atoms. The maximum Gasteiger partial charge on any atom is 0.131 e. The van der Waals surface area contributed by atoms with Gasteiger partial charge in [0.25, 0.3) is 0 Å². The van der Waals surface area contributed by atoms with Gasteiger partial charge in [0.1, 0.15) is 5.78 Å². The van der Waals surface area contributed by atoms with Crippen molar-refractivity contribution in [2.75, 3.05) is 33.2 Å². The molecule has 15 heavy (non-hydrogen) atoms. The minimum atomic E-state index is 0.292. The first-order chi connectivity index (χ1) is 7.13. The molecular weight excluding hydrogens is 188 g/mol. The van der Waals surface area contributed by atoms with E-state index in [0.717, 1.165) is 19.6 Å².